The van der Waals surface area contributed by atoms with Gasteiger partial charge in [-0.3, -0.25) is 0 Å². The normalized spacial score (nSPS) is 20.6. The molecule has 0 bridgehead atoms. The third-order valence-electron chi connectivity index (χ3n) is 4.47. The SMILES string of the molecule is CSc1cc2c(cc1O/C=C(\F)C(=O)O)SN(C)CCN2C1CC(F)(F)C1. The second kappa shape index (κ2) is 7.84. The van der Waals surface area contributed by atoms with Crippen molar-refractivity contribution in [2.24, 2.45) is 0 Å². The molecule has 0 unspecified atom stereocenters. The predicted molar refractivity (Wildman–Crippen MR) is 99.5 cm³/mol. The number of alkyl halides is 2. The van der Waals surface area contributed by atoms with Gasteiger partial charge >= 0.3 is 5.97 Å². The van der Waals surface area contributed by atoms with Gasteiger partial charge in [0.05, 0.1) is 15.5 Å². The molecule has 0 saturated heterocycles. The van der Waals surface area contributed by atoms with Crippen LogP contribution in [0.3, 0.4) is 0 Å². The van der Waals surface area contributed by atoms with E-state index in [-0.39, 0.29) is 18.9 Å². The molecular formula is C17H19F3N2O3S2. The van der Waals surface area contributed by atoms with E-state index in [0.717, 1.165) is 10.6 Å². The highest BCUT2D eigenvalue weighted by molar-refractivity contribution is 7.98. The van der Waals surface area contributed by atoms with Crippen molar-refractivity contribution < 1.29 is 27.8 Å². The number of carbonyl (C=O) groups is 1. The van der Waals surface area contributed by atoms with E-state index in [4.69, 9.17) is 9.84 Å². The van der Waals surface area contributed by atoms with Crippen LogP contribution < -0.4 is 9.64 Å². The highest BCUT2D eigenvalue weighted by Gasteiger charge is 2.48. The van der Waals surface area contributed by atoms with Crippen LogP contribution in [0.4, 0.5) is 18.9 Å². The first-order chi connectivity index (χ1) is 12.7. The minimum Gasteiger partial charge on any atom is -0.476 e. The van der Waals surface area contributed by atoms with Crippen molar-refractivity contribution in [2.75, 3.05) is 31.3 Å². The van der Waals surface area contributed by atoms with Crippen molar-refractivity contribution in [1.29, 1.82) is 0 Å². The Hall–Kier alpha value is -1.52. The van der Waals surface area contributed by atoms with E-state index < -0.39 is 17.7 Å². The fraction of sp³-hybridized carbons (Fsp3) is 0.471. The molecule has 1 aromatic carbocycles. The number of rotatable bonds is 5. The summed E-state index contributed by atoms with van der Waals surface area (Å²) in [6, 6.07) is 3.31. The molecule has 148 valence electrons. The Bertz CT molecular complexity index is 768. The highest BCUT2D eigenvalue weighted by atomic mass is 32.2. The van der Waals surface area contributed by atoms with Gasteiger partial charge in [0.25, 0.3) is 5.92 Å². The van der Waals surface area contributed by atoms with Gasteiger partial charge in [-0.1, -0.05) is 0 Å². The zero-order chi connectivity index (χ0) is 19.8. The molecule has 5 nitrogen and oxygen atoms in total. The van der Waals surface area contributed by atoms with Gasteiger partial charge in [0.2, 0.25) is 5.83 Å². The van der Waals surface area contributed by atoms with E-state index >= 15 is 0 Å². The molecule has 1 fully saturated rings. The van der Waals surface area contributed by atoms with Crippen molar-refractivity contribution in [3.8, 4) is 5.75 Å². The molecular weight excluding hydrogens is 401 g/mol. The van der Waals surface area contributed by atoms with Crippen molar-refractivity contribution in [2.45, 2.75) is 34.6 Å². The fourth-order valence-corrected chi connectivity index (χ4v) is 4.53. The molecule has 0 aromatic heterocycles. The van der Waals surface area contributed by atoms with Crippen LogP contribution >= 0.6 is 23.7 Å². The summed E-state index contributed by atoms with van der Waals surface area (Å²) in [7, 11) is 1.90. The van der Waals surface area contributed by atoms with E-state index in [1.807, 2.05) is 28.6 Å². The Kier molecular flexibility index (Phi) is 5.87. The number of carboxylic acids is 1. The molecule has 3 rings (SSSR count). The molecule has 0 amide bonds. The minimum atomic E-state index is -2.61. The van der Waals surface area contributed by atoms with E-state index in [9.17, 15) is 18.0 Å². The Labute approximate surface area is 163 Å². The van der Waals surface area contributed by atoms with E-state index in [0.29, 0.717) is 30.0 Å². The van der Waals surface area contributed by atoms with E-state index in [1.54, 1.807) is 6.07 Å². The lowest BCUT2D eigenvalue weighted by molar-refractivity contribution is -0.134. The van der Waals surface area contributed by atoms with Crippen LogP contribution in [0.15, 0.2) is 34.0 Å². The monoisotopic (exact) mass is 420 g/mol. The molecule has 27 heavy (non-hydrogen) atoms. The van der Waals surface area contributed by atoms with Crippen LogP contribution in [0.5, 0.6) is 5.75 Å². The molecule has 0 radical (unpaired) electrons. The molecule has 1 heterocycles. The standard InChI is InChI=1S/C17H19F3N2O3S2/c1-21-3-4-22(10-7-17(19,20)8-10)12-5-15(26-2)13(6-14(12)27-21)25-9-11(18)16(23)24/h5-6,9-10H,3-4,7-8H2,1-2H3,(H,23,24)/b11-9-. The lowest BCUT2D eigenvalue weighted by Gasteiger charge is -2.43. The minimum absolute atomic E-state index is 0.166. The average molecular weight is 420 g/mol. The predicted octanol–water partition coefficient (Wildman–Crippen LogP) is 4.24. The maximum absolute atomic E-state index is 13.4. The second-order valence-electron chi connectivity index (χ2n) is 6.41. The number of carboxylic acid groups (broad SMARTS) is 1. The van der Waals surface area contributed by atoms with Gasteiger partial charge in [0.1, 0.15) is 12.0 Å². The largest absolute Gasteiger partial charge is 0.476 e. The molecule has 1 aliphatic heterocycles. The number of thioether (sulfide) groups is 1. The zero-order valence-electron chi connectivity index (χ0n) is 14.7. The first-order valence-corrected chi connectivity index (χ1v) is 10.2. The van der Waals surface area contributed by atoms with Crippen LogP contribution in [0.2, 0.25) is 0 Å². The third kappa shape index (κ3) is 4.49. The van der Waals surface area contributed by atoms with E-state index in [1.165, 1.54) is 23.7 Å². The molecule has 10 heteroatoms. The van der Waals surface area contributed by atoms with Crippen molar-refractivity contribution in [3.63, 3.8) is 0 Å². The summed E-state index contributed by atoms with van der Waals surface area (Å²) in [5.74, 6) is -5.40. The molecule has 2 aliphatic rings. The summed E-state index contributed by atoms with van der Waals surface area (Å²) in [6.07, 6.45) is 2.03. The summed E-state index contributed by atoms with van der Waals surface area (Å²) in [5.41, 5.74) is 0.837. The lowest BCUT2D eigenvalue weighted by Crippen LogP contribution is -2.52. The fourth-order valence-electron chi connectivity index (χ4n) is 3.06. The van der Waals surface area contributed by atoms with Crippen LogP contribution in [0, 0.1) is 0 Å². The van der Waals surface area contributed by atoms with Crippen LogP contribution in [-0.2, 0) is 4.79 Å². The zero-order valence-corrected chi connectivity index (χ0v) is 16.4. The summed E-state index contributed by atoms with van der Waals surface area (Å²) in [6.45, 7) is 1.32. The highest BCUT2D eigenvalue weighted by Crippen LogP contribution is 2.47. The third-order valence-corrected chi connectivity index (χ3v) is 6.24. The molecule has 0 spiro atoms. The Balaban J connectivity index is 1.95. The average Bonchev–Trinajstić information content (AvgIpc) is 2.74. The number of likely N-dealkylation sites (N-methyl/N-ethyl adjacent to an activating group) is 1. The molecule has 1 aliphatic carbocycles. The maximum atomic E-state index is 13.4. The Morgan fingerprint density at radius 1 is 1.41 bits per heavy atom. The quantitative estimate of drug-likeness (QED) is 0.331. The van der Waals surface area contributed by atoms with Gasteiger partial charge in [-0.25, -0.2) is 17.9 Å². The van der Waals surface area contributed by atoms with Gasteiger partial charge in [-0.15, -0.1) is 11.8 Å². The topological polar surface area (TPSA) is 53.0 Å². The molecule has 0 atom stereocenters. The van der Waals surface area contributed by atoms with Crippen molar-refractivity contribution in [1.82, 2.24) is 4.31 Å². The number of halogens is 3. The van der Waals surface area contributed by atoms with E-state index in [2.05, 4.69) is 0 Å². The van der Waals surface area contributed by atoms with Gasteiger partial charge in [-0.05, 0) is 37.4 Å². The number of aliphatic carboxylic acids is 1. The molecule has 1 aromatic rings. The van der Waals surface area contributed by atoms with Crippen molar-refractivity contribution in [3.05, 3.63) is 24.2 Å². The molecule has 1 N–H and O–H groups in total. The Morgan fingerprint density at radius 2 is 2.11 bits per heavy atom. The number of anilines is 1. The number of benzene rings is 1. The number of hydrogen-bond donors (Lipinski definition) is 1. The van der Waals surface area contributed by atoms with Gasteiger partial charge in [-0.2, -0.15) is 4.39 Å². The van der Waals surface area contributed by atoms with Crippen LogP contribution in [0.1, 0.15) is 12.8 Å². The summed E-state index contributed by atoms with van der Waals surface area (Å²) < 4.78 is 47.3. The second-order valence-corrected chi connectivity index (χ2v) is 8.51. The Morgan fingerprint density at radius 3 is 2.70 bits per heavy atom. The summed E-state index contributed by atoms with van der Waals surface area (Å²) >= 11 is 2.80. The van der Waals surface area contributed by atoms with Gasteiger partial charge in [0.15, 0.2) is 0 Å². The number of ether oxygens (including phenoxy) is 1. The number of nitrogens with zero attached hydrogens (tertiary/aromatic N) is 2. The summed E-state index contributed by atoms with van der Waals surface area (Å²) in [5, 5.41) is 8.61. The van der Waals surface area contributed by atoms with Gasteiger partial charge < -0.3 is 14.7 Å². The first-order valence-electron chi connectivity index (χ1n) is 8.21. The molecule has 1 saturated carbocycles. The smallest absolute Gasteiger partial charge is 0.368 e. The van der Waals surface area contributed by atoms with Crippen molar-refractivity contribution >= 4 is 35.4 Å². The first kappa shape index (κ1) is 20.2. The van der Waals surface area contributed by atoms with Crippen LogP contribution in [-0.4, -0.2) is 53.7 Å². The lowest BCUT2D eigenvalue weighted by atomic mass is 9.86. The number of fused-ring (bicyclic) bond motifs is 1. The summed E-state index contributed by atoms with van der Waals surface area (Å²) in [4.78, 5) is 14.1. The van der Waals surface area contributed by atoms with Crippen LogP contribution in [0.25, 0.3) is 0 Å². The maximum Gasteiger partial charge on any atom is 0.368 e. The van der Waals surface area contributed by atoms with Gasteiger partial charge in [0, 0.05) is 32.0 Å². The number of hydrogen-bond acceptors (Lipinski definition) is 6.